The topological polar surface area (TPSA) is 59.4 Å². The lowest BCUT2D eigenvalue weighted by atomic mass is 10.1. The zero-order valence-electron chi connectivity index (χ0n) is 14.8. The number of carbonyl (C=O) groups is 1. The number of aromatic nitrogens is 2. The first-order valence-electron chi connectivity index (χ1n) is 8.48. The zero-order chi connectivity index (χ0) is 17.3. The molecule has 1 fully saturated rings. The predicted molar refractivity (Wildman–Crippen MR) is 93.7 cm³/mol. The maximum atomic E-state index is 12.0. The highest BCUT2D eigenvalue weighted by Crippen LogP contribution is 2.22. The third kappa shape index (κ3) is 3.30. The number of nitrogens with one attached hydrogen (secondary N) is 1. The van der Waals surface area contributed by atoms with Crippen LogP contribution in [0.15, 0.2) is 24.3 Å². The van der Waals surface area contributed by atoms with Gasteiger partial charge in [0, 0.05) is 27.7 Å². The van der Waals surface area contributed by atoms with Crippen LogP contribution in [0, 0.1) is 0 Å². The molecule has 0 bridgehead atoms. The van der Waals surface area contributed by atoms with Crippen LogP contribution in [0.25, 0.3) is 11.0 Å². The Balaban J connectivity index is 1.59. The SMILES string of the molecule is CC(NCC1CCC(C(=O)N(C)C)O1)c1nc2ccccc2n1C. The Hall–Kier alpha value is -1.92. The number of aryl methyl sites for hydroxylation is 1. The average Bonchev–Trinajstić information content (AvgIpc) is 3.17. The molecule has 0 aliphatic carbocycles. The number of hydrogen-bond acceptors (Lipinski definition) is 4. The van der Waals surface area contributed by atoms with Crippen molar-refractivity contribution in [2.45, 2.75) is 38.0 Å². The first-order valence-corrected chi connectivity index (χ1v) is 8.48. The Morgan fingerprint density at radius 1 is 1.42 bits per heavy atom. The number of amides is 1. The molecule has 6 nitrogen and oxygen atoms in total. The quantitative estimate of drug-likeness (QED) is 0.909. The Morgan fingerprint density at radius 2 is 2.17 bits per heavy atom. The first-order chi connectivity index (χ1) is 11.5. The summed E-state index contributed by atoms with van der Waals surface area (Å²) in [6.45, 7) is 2.83. The summed E-state index contributed by atoms with van der Waals surface area (Å²) in [5.41, 5.74) is 2.15. The second-order valence-electron chi connectivity index (χ2n) is 6.70. The third-order valence-electron chi connectivity index (χ3n) is 4.68. The summed E-state index contributed by atoms with van der Waals surface area (Å²) in [6, 6.07) is 8.26. The molecule has 1 aromatic heterocycles. The number of likely N-dealkylation sites (N-methyl/N-ethyl adjacent to an activating group) is 1. The smallest absolute Gasteiger partial charge is 0.251 e. The molecule has 1 amide bonds. The summed E-state index contributed by atoms with van der Waals surface area (Å²) in [4.78, 5) is 18.3. The fourth-order valence-corrected chi connectivity index (χ4v) is 3.28. The normalized spacial score (nSPS) is 22.0. The van der Waals surface area contributed by atoms with Gasteiger partial charge in [-0.2, -0.15) is 0 Å². The summed E-state index contributed by atoms with van der Waals surface area (Å²) < 4.78 is 8.00. The summed E-state index contributed by atoms with van der Waals surface area (Å²) in [5.74, 6) is 1.07. The largest absolute Gasteiger partial charge is 0.364 e. The van der Waals surface area contributed by atoms with E-state index in [9.17, 15) is 4.79 Å². The number of rotatable bonds is 5. The van der Waals surface area contributed by atoms with Crippen molar-refractivity contribution in [1.82, 2.24) is 19.8 Å². The number of hydrogen-bond donors (Lipinski definition) is 1. The second kappa shape index (κ2) is 6.91. The van der Waals surface area contributed by atoms with Gasteiger partial charge in [0.15, 0.2) is 0 Å². The molecule has 130 valence electrons. The second-order valence-corrected chi connectivity index (χ2v) is 6.70. The van der Waals surface area contributed by atoms with Crippen molar-refractivity contribution < 1.29 is 9.53 Å². The number of para-hydroxylation sites is 2. The van der Waals surface area contributed by atoms with Gasteiger partial charge in [-0.05, 0) is 31.9 Å². The molecule has 0 saturated carbocycles. The monoisotopic (exact) mass is 330 g/mol. The standard InChI is InChI=1S/C18H26N4O2/c1-12(17-20-14-7-5-6-8-15(14)22(17)4)19-11-13-9-10-16(24-13)18(23)21(2)3/h5-8,12-13,16,19H,9-11H2,1-4H3. The van der Waals surface area contributed by atoms with Crippen LogP contribution in [-0.2, 0) is 16.6 Å². The molecule has 1 aliphatic rings. The fraction of sp³-hybridized carbons (Fsp3) is 0.556. The van der Waals surface area contributed by atoms with E-state index < -0.39 is 0 Å². The molecule has 1 aliphatic heterocycles. The van der Waals surface area contributed by atoms with Crippen LogP contribution in [0.4, 0.5) is 0 Å². The van der Waals surface area contributed by atoms with Crippen molar-refractivity contribution >= 4 is 16.9 Å². The number of imidazole rings is 1. The Bertz CT molecular complexity index is 725. The molecule has 6 heteroatoms. The lowest BCUT2D eigenvalue weighted by Gasteiger charge is -2.19. The zero-order valence-corrected chi connectivity index (χ0v) is 14.8. The lowest BCUT2D eigenvalue weighted by molar-refractivity contribution is -0.140. The van der Waals surface area contributed by atoms with E-state index in [0.717, 1.165) is 36.2 Å². The van der Waals surface area contributed by atoms with Gasteiger partial charge < -0.3 is 19.5 Å². The number of benzene rings is 1. The molecular weight excluding hydrogens is 304 g/mol. The molecule has 24 heavy (non-hydrogen) atoms. The van der Waals surface area contributed by atoms with Crippen LogP contribution in [0.1, 0.15) is 31.6 Å². The number of carbonyl (C=O) groups excluding carboxylic acids is 1. The summed E-state index contributed by atoms with van der Waals surface area (Å²) >= 11 is 0. The molecule has 0 radical (unpaired) electrons. The van der Waals surface area contributed by atoms with E-state index in [-0.39, 0.29) is 24.2 Å². The van der Waals surface area contributed by atoms with Gasteiger partial charge in [-0.25, -0.2) is 4.98 Å². The maximum Gasteiger partial charge on any atom is 0.251 e. The van der Waals surface area contributed by atoms with E-state index in [2.05, 4.69) is 22.9 Å². The van der Waals surface area contributed by atoms with Crippen molar-refractivity contribution in [3.05, 3.63) is 30.1 Å². The molecule has 1 saturated heterocycles. The van der Waals surface area contributed by atoms with Gasteiger partial charge in [0.25, 0.3) is 5.91 Å². The Labute approximate surface area is 142 Å². The summed E-state index contributed by atoms with van der Waals surface area (Å²) in [5, 5.41) is 3.50. The minimum absolute atomic E-state index is 0.0564. The van der Waals surface area contributed by atoms with E-state index in [0.29, 0.717) is 0 Å². The van der Waals surface area contributed by atoms with Crippen LogP contribution in [-0.4, -0.2) is 53.2 Å². The Morgan fingerprint density at radius 3 is 2.88 bits per heavy atom. The minimum atomic E-state index is -0.294. The van der Waals surface area contributed by atoms with Crippen molar-refractivity contribution in [2.24, 2.45) is 7.05 Å². The van der Waals surface area contributed by atoms with Gasteiger partial charge in [0.1, 0.15) is 11.9 Å². The van der Waals surface area contributed by atoms with E-state index in [1.165, 1.54) is 0 Å². The van der Waals surface area contributed by atoms with Crippen LogP contribution < -0.4 is 5.32 Å². The van der Waals surface area contributed by atoms with Crippen molar-refractivity contribution in [1.29, 1.82) is 0 Å². The highest BCUT2D eigenvalue weighted by molar-refractivity contribution is 5.80. The average molecular weight is 330 g/mol. The summed E-state index contributed by atoms with van der Waals surface area (Å²) in [6.07, 6.45) is 1.49. The highest BCUT2D eigenvalue weighted by atomic mass is 16.5. The van der Waals surface area contributed by atoms with Crippen LogP contribution in [0.3, 0.4) is 0 Å². The van der Waals surface area contributed by atoms with Gasteiger partial charge >= 0.3 is 0 Å². The van der Waals surface area contributed by atoms with E-state index in [1.807, 2.05) is 25.2 Å². The van der Waals surface area contributed by atoms with Crippen LogP contribution >= 0.6 is 0 Å². The van der Waals surface area contributed by atoms with Crippen LogP contribution in [0.2, 0.25) is 0 Å². The van der Waals surface area contributed by atoms with E-state index in [1.54, 1.807) is 19.0 Å². The fourth-order valence-electron chi connectivity index (χ4n) is 3.28. The van der Waals surface area contributed by atoms with Crippen molar-refractivity contribution in [3.63, 3.8) is 0 Å². The van der Waals surface area contributed by atoms with Gasteiger partial charge in [0.05, 0.1) is 23.2 Å². The van der Waals surface area contributed by atoms with Crippen molar-refractivity contribution in [3.8, 4) is 0 Å². The minimum Gasteiger partial charge on any atom is -0.364 e. The lowest BCUT2D eigenvalue weighted by Crippen LogP contribution is -2.35. The summed E-state index contributed by atoms with van der Waals surface area (Å²) in [7, 11) is 5.58. The molecule has 3 rings (SSSR count). The van der Waals surface area contributed by atoms with Crippen molar-refractivity contribution in [2.75, 3.05) is 20.6 Å². The van der Waals surface area contributed by atoms with Gasteiger partial charge in [-0.15, -0.1) is 0 Å². The molecule has 2 heterocycles. The molecule has 1 aromatic carbocycles. The van der Waals surface area contributed by atoms with Gasteiger partial charge in [-0.3, -0.25) is 4.79 Å². The number of fused-ring (bicyclic) bond motifs is 1. The molecule has 3 unspecified atom stereocenters. The molecule has 1 N–H and O–H groups in total. The molecule has 0 spiro atoms. The van der Waals surface area contributed by atoms with Gasteiger partial charge in [0.2, 0.25) is 0 Å². The molecule has 3 atom stereocenters. The molecule has 2 aromatic rings. The molecular formula is C18H26N4O2. The number of ether oxygens (including phenoxy) is 1. The van der Waals surface area contributed by atoms with E-state index >= 15 is 0 Å². The highest BCUT2D eigenvalue weighted by Gasteiger charge is 2.31. The Kier molecular flexibility index (Phi) is 4.87. The number of nitrogens with zero attached hydrogens (tertiary/aromatic N) is 3. The van der Waals surface area contributed by atoms with Gasteiger partial charge in [-0.1, -0.05) is 12.1 Å². The first kappa shape index (κ1) is 16.9. The maximum absolute atomic E-state index is 12.0. The van der Waals surface area contributed by atoms with E-state index in [4.69, 9.17) is 9.72 Å². The van der Waals surface area contributed by atoms with Crippen LogP contribution in [0.5, 0.6) is 0 Å². The third-order valence-corrected chi connectivity index (χ3v) is 4.68. The predicted octanol–water partition coefficient (Wildman–Crippen LogP) is 1.86.